The maximum atomic E-state index is 12.8. The summed E-state index contributed by atoms with van der Waals surface area (Å²) in [5.41, 5.74) is -0.000222. The summed E-state index contributed by atoms with van der Waals surface area (Å²) in [6, 6.07) is 4.22. The van der Waals surface area contributed by atoms with E-state index in [4.69, 9.17) is 0 Å². The van der Waals surface area contributed by atoms with Gasteiger partial charge in [-0.05, 0) is 48.0 Å². The number of nitrogens with one attached hydrogen (secondary N) is 1. The van der Waals surface area contributed by atoms with Crippen molar-refractivity contribution in [1.29, 1.82) is 0 Å². The summed E-state index contributed by atoms with van der Waals surface area (Å²) in [6.07, 6.45) is -4.31. The highest BCUT2D eigenvalue weighted by Gasteiger charge is 2.32. The van der Waals surface area contributed by atoms with Gasteiger partial charge in [0.05, 0.1) is 11.3 Å². The van der Waals surface area contributed by atoms with E-state index in [0.717, 1.165) is 12.6 Å². The number of hydrogen-bond acceptors (Lipinski definition) is 2. The van der Waals surface area contributed by atoms with Crippen molar-refractivity contribution in [2.45, 2.75) is 32.1 Å². The van der Waals surface area contributed by atoms with Crippen LogP contribution in [0.3, 0.4) is 0 Å². The van der Waals surface area contributed by atoms with Crippen LogP contribution in [0.5, 0.6) is 0 Å². The van der Waals surface area contributed by atoms with E-state index in [-0.39, 0.29) is 12.1 Å². The Morgan fingerprint density at radius 2 is 2.00 bits per heavy atom. The first-order valence-electron chi connectivity index (χ1n) is 6.16. The Balaban J connectivity index is 2.37. The lowest BCUT2D eigenvalue weighted by Gasteiger charge is -2.40. The second-order valence-corrected chi connectivity index (χ2v) is 5.83. The summed E-state index contributed by atoms with van der Waals surface area (Å²) in [4.78, 5) is 2.01. The lowest BCUT2D eigenvalue weighted by atomic mass is 10.1. The predicted molar refractivity (Wildman–Crippen MR) is 73.4 cm³/mol. The minimum atomic E-state index is -4.31. The van der Waals surface area contributed by atoms with Gasteiger partial charge in [-0.3, -0.25) is 0 Å². The van der Waals surface area contributed by atoms with Crippen molar-refractivity contribution < 1.29 is 13.2 Å². The molecule has 1 aromatic carbocycles. The minimum Gasteiger partial charge on any atom is -0.365 e. The van der Waals surface area contributed by atoms with Gasteiger partial charge in [0, 0.05) is 29.6 Å². The molecule has 2 rings (SSSR count). The normalized spacial score (nSPS) is 24.6. The van der Waals surface area contributed by atoms with Crippen LogP contribution in [0.4, 0.5) is 18.9 Å². The molecule has 1 aliphatic heterocycles. The SMILES string of the molecule is CC1CN(c2cc(C(F)(F)F)ccc2Br)C(C)CN1. The maximum absolute atomic E-state index is 12.8. The lowest BCUT2D eigenvalue weighted by Crippen LogP contribution is -2.54. The fourth-order valence-corrected chi connectivity index (χ4v) is 2.74. The summed E-state index contributed by atoms with van der Waals surface area (Å²) in [5, 5.41) is 3.32. The van der Waals surface area contributed by atoms with Crippen molar-refractivity contribution in [1.82, 2.24) is 5.32 Å². The van der Waals surface area contributed by atoms with Gasteiger partial charge in [-0.2, -0.15) is 13.2 Å². The maximum Gasteiger partial charge on any atom is 0.416 e. The van der Waals surface area contributed by atoms with Crippen LogP contribution in [-0.4, -0.2) is 25.2 Å². The Morgan fingerprint density at radius 1 is 1.32 bits per heavy atom. The van der Waals surface area contributed by atoms with Crippen LogP contribution in [0.15, 0.2) is 22.7 Å². The fourth-order valence-electron chi connectivity index (χ4n) is 2.27. The zero-order valence-electron chi connectivity index (χ0n) is 10.8. The van der Waals surface area contributed by atoms with E-state index < -0.39 is 11.7 Å². The average Bonchev–Trinajstić information content (AvgIpc) is 2.32. The van der Waals surface area contributed by atoms with Gasteiger partial charge < -0.3 is 10.2 Å². The third kappa shape index (κ3) is 3.23. The van der Waals surface area contributed by atoms with Crippen LogP contribution in [0, 0.1) is 0 Å². The van der Waals surface area contributed by atoms with Crippen LogP contribution in [0.25, 0.3) is 0 Å². The molecule has 0 saturated carbocycles. The van der Waals surface area contributed by atoms with Gasteiger partial charge in [-0.15, -0.1) is 0 Å². The summed E-state index contributed by atoms with van der Waals surface area (Å²) in [5.74, 6) is 0. The molecule has 0 spiro atoms. The van der Waals surface area contributed by atoms with Crippen LogP contribution in [0.2, 0.25) is 0 Å². The zero-order valence-corrected chi connectivity index (χ0v) is 12.3. The molecule has 2 unspecified atom stereocenters. The second-order valence-electron chi connectivity index (χ2n) is 4.97. The first kappa shape index (κ1) is 14.7. The van der Waals surface area contributed by atoms with E-state index in [1.807, 2.05) is 18.7 Å². The van der Waals surface area contributed by atoms with E-state index in [0.29, 0.717) is 16.7 Å². The van der Waals surface area contributed by atoms with Crippen molar-refractivity contribution in [3.05, 3.63) is 28.2 Å². The van der Waals surface area contributed by atoms with Crippen LogP contribution in [0.1, 0.15) is 19.4 Å². The lowest BCUT2D eigenvalue weighted by molar-refractivity contribution is -0.137. The first-order valence-corrected chi connectivity index (χ1v) is 6.95. The molecule has 1 aliphatic rings. The molecule has 106 valence electrons. The Hall–Kier alpha value is -0.750. The number of alkyl halides is 3. The van der Waals surface area contributed by atoms with Gasteiger partial charge in [0.15, 0.2) is 0 Å². The minimum absolute atomic E-state index is 0.163. The number of halogens is 4. The van der Waals surface area contributed by atoms with Gasteiger partial charge in [-0.25, -0.2) is 0 Å². The average molecular weight is 337 g/mol. The highest BCUT2D eigenvalue weighted by atomic mass is 79.9. The Labute approximate surface area is 119 Å². The smallest absolute Gasteiger partial charge is 0.365 e. The molecule has 1 heterocycles. The number of piperazine rings is 1. The molecular weight excluding hydrogens is 321 g/mol. The molecule has 6 heteroatoms. The molecular formula is C13H16BrF3N2. The van der Waals surface area contributed by atoms with Crippen LogP contribution >= 0.6 is 15.9 Å². The third-order valence-corrected chi connectivity index (χ3v) is 4.02. The molecule has 0 amide bonds. The Kier molecular flexibility index (Phi) is 4.11. The molecule has 1 fully saturated rings. The molecule has 2 nitrogen and oxygen atoms in total. The van der Waals surface area contributed by atoms with E-state index in [2.05, 4.69) is 21.2 Å². The fraction of sp³-hybridized carbons (Fsp3) is 0.538. The number of rotatable bonds is 1. The van der Waals surface area contributed by atoms with E-state index in [1.54, 1.807) is 0 Å². The largest absolute Gasteiger partial charge is 0.416 e. The van der Waals surface area contributed by atoms with E-state index in [1.165, 1.54) is 12.1 Å². The van der Waals surface area contributed by atoms with Crippen LogP contribution < -0.4 is 10.2 Å². The topological polar surface area (TPSA) is 15.3 Å². The summed E-state index contributed by atoms with van der Waals surface area (Å²) in [6.45, 7) is 5.50. The molecule has 0 aromatic heterocycles. The van der Waals surface area contributed by atoms with Gasteiger partial charge in [0.25, 0.3) is 0 Å². The van der Waals surface area contributed by atoms with Crippen LogP contribution in [-0.2, 0) is 6.18 Å². The number of nitrogens with zero attached hydrogens (tertiary/aromatic N) is 1. The summed E-state index contributed by atoms with van der Waals surface area (Å²) in [7, 11) is 0. The van der Waals surface area contributed by atoms with Crippen molar-refractivity contribution in [2.24, 2.45) is 0 Å². The highest BCUT2D eigenvalue weighted by Crippen LogP contribution is 2.36. The number of benzene rings is 1. The van der Waals surface area contributed by atoms with Crippen molar-refractivity contribution >= 4 is 21.6 Å². The van der Waals surface area contributed by atoms with Crippen molar-refractivity contribution in [3.8, 4) is 0 Å². The second kappa shape index (κ2) is 5.32. The number of anilines is 1. The quantitative estimate of drug-likeness (QED) is 0.842. The standard InChI is InChI=1S/C13H16BrF3N2/c1-8-7-19(9(2)6-18-8)12-5-10(13(15,16)17)3-4-11(12)14/h3-5,8-9,18H,6-7H2,1-2H3. The van der Waals surface area contributed by atoms with Gasteiger partial charge in [0.2, 0.25) is 0 Å². The molecule has 2 atom stereocenters. The van der Waals surface area contributed by atoms with Gasteiger partial charge >= 0.3 is 6.18 Å². The molecule has 0 aliphatic carbocycles. The molecule has 1 N–H and O–H groups in total. The molecule has 0 bridgehead atoms. The molecule has 1 aromatic rings. The number of hydrogen-bond donors (Lipinski definition) is 1. The van der Waals surface area contributed by atoms with Crippen molar-refractivity contribution in [2.75, 3.05) is 18.0 Å². The summed E-state index contributed by atoms with van der Waals surface area (Å²) >= 11 is 3.35. The van der Waals surface area contributed by atoms with Gasteiger partial charge in [-0.1, -0.05) is 0 Å². The van der Waals surface area contributed by atoms with E-state index in [9.17, 15) is 13.2 Å². The third-order valence-electron chi connectivity index (χ3n) is 3.35. The monoisotopic (exact) mass is 336 g/mol. The molecule has 0 radical (unpaired) electrons. The van der Waals surface area contributed by atoms with Gasteiger partial charge in [0.1, 0.15) is 0 Å². The first-order chi connectivity index (χ1) is 8.79. The predicted octanol–water partition coefficient (Wildman–Crippen LogP) is 3.65. The Bertz CT molecular complexity index is 462. The molecule has 1 saturated heterocycles. The Morgan fingerprint density at radius 3 is 2.63 bits per heavy atom. The van der Waals surface area contributed by atoms with E-state index >= 15 is 0 Å². The highest BCUT2D eigenvalue weighted by molar-refractivity contribution is 9.10. The van der Waals surface area contributed by atoms with Crippen molar-refractivity contribution in [3.63, 3.8) is 0 Å². The molecule has 19 heavy (non-hydrogen) atoms. The zero-order chi connectivity index (χ0) is 14.2. The summed E-state index contributed by atoms with van der Waals surface area (Å²) < 4.78 is 39.1.